The Morgan fingerprint density at radius 2 is 1.68 bits per heavy atom. The molecule has 174 valence electrons. The third-order valence-electron chi connectivity index (χ3n) is 7.26. The van der Waals surface area contributed by atoms with E-state index in [4.69, 9.17) is 9.51 Å². The van der Waals surface area contributed by atoms with Crippen molar-refractivity contribution >= 4 is 5.91 Å². The lowest BCUT2D eigenvalue weighted by Gasteiger charge is -2.35. The Bertz CT molecular complexity index is 729. The molecular weight excluding hydrogens is 409 g/mol. The Hall–Kier alpha value is -1.64. The van der Waals surface area contributed by atoms with Crippen LogP contribution in [0.4, 0.5) is 13.2 Å². The van der Waals surface area contributed by atoms with Gasteiger partial charge < -0.3 is 9.84 Å². The second-order valence-corrected chi connectivity index (χ2v) is 9.59. The van der Waals surface area contributed by atoms with Gasteiger partial charge in [-0.15, -0.1) is 0 Å². The first-order valence-corrected chi connectivity index (χ1v) is 11.8. The van der Waals surface area contributed by atoms with E-state index >= 15 is 0 Å². The highest BCUT2D eigenvalue weighted by Crippen LogP contribution is 2.38. The van der Waals surface area contributed by atoms with Crippen molar-refractivity contribution in [3.63, 3.8) is 0 Å². The summed E-state index contributed by atoms with van der Waals surface area (Å²) in [6.45, 7) is -0.324. The molecule has 1 aliphatic heterocycles. The average Bonchev–Trinajstić information content (AvgIpc) is 3.37. The van der Waals surface area contributed by atoms with Crippen LogP contribution in [0.25, 0.3) is 0 Å². The molecule has 0 aromatic carbocycles. The molecule has 0 bridgehead atoms. The summed E-state index contributed by atoms with van der Waals surface area (Å²) in [4.78, 5) is 19.3. The lowest BCUT2D eigenvalue weighted by molar-refractivity contribution is -0.149. The van der Waals surface area contributed by atoms with Crippen molar-refractivity contribution in [3.8, 4) is 0 Å². The van der Waals surface area contributed by atoms with Crippen LogP contribution in [0.1, 0.15) is 94.7 Å². The van der Waals surface area contributed by atoms with Gasteiger partial charge in [0.1, 0.15) is 5.54 Å². The van der Waals surface area contributed by atoms with Gasteiger partial charge in [-0.1, -0.05) is 43.7 Å². The lowest BCUT2D eigenvalue weighted by atomic mass is 9.87. The number of amides is 1. The fraction of sp³-hybridized carbons (Fsp3) is 0.864. The zero-order valence-corrected chi connectivity index (χ0v) is 18.1. The van der Waals surface area contributed by atoms with E-state index in [0.29, 0.717) is 43.6 Å². The number of alkyl halides is 3. The smallest absolute Gasteiger partial charge is 0.343 e. The summed E-state index contributed by atoms with van der Waals surface area (Å²) in [7, 11) is 0. The number of hydrogen-bond acceptors (Lipinski definition) is 5. The third kappa shape index (κ3) is 5.59. The van der Waals surface area contributed by atoms with E-state index in [1.807, 2.05) is 0 Å². The lowest BCUT2D eigenvalue weighted by Crippen LogP contribution is -2.51. The Morgan fingerprint density at radius 3 is 2.29 bits per heavy atom. The SMILES string of the molecule is O=C(NC1(c2noc(C3CCCC3)n2)CCCCCC1)C1CCN(CC(F)(F)F)CC1. The summed E-state index contributed by atoms with van der Waals surface area (Å²) in [5.41, 5.74) is -0.628. The third-order valence-corrected chi connectivity index (χ3v) is 7.26. The summed E-state index contributed by atoms with van der Waals surface area (Å²) in [6, 6.07) is 0. The van der Waals surface area contributed by atoms with Gasteiger partial charge in [0.15, 0.2) is 5.82 Å². The molecule has 1 amide bonds. The second kappa shape index (κ2) is 9.46. The maximum atomic E-state index is 13.2. The highest BCUT2D eigenvalue weighted by Gasteiger charge is 2.42. The molecule has 6 nitrogen and oxygen atoms in total. The Balaban J connectivity index is 1.44. The van der Waals surface area contributed by atoms with Crippen LogP contribution in [0.3, 0.4) is 0 Å². The molecule has 3 aliphatic rings. The van der Waals surface area contributed by atoms with E-state index in [0.717, 1.165) is 51.4 Å². The van der Waals surface area contributed by atoms with Gasteiger partial charge in [0.2, 0.25) is 11.8 Å². The highest BCUT2D eigenvalue weighted by atomic mass is 19.4. The van der Waals surface area contributed by atoms with Crippen molar-refractivity contribution in [2.45, 2.75) is 94.7 Å². The summed E-state index contributed by atoms with van der Waals surface area (Å²) in [6.07, 6.45) is 6.91. The first-order valence-electron chi connectivity index (χ1n) is 11.8. The van der Waals surface area contributed by atoms with Gasteiger partial charge in [-0.05, 0) is 51.6 Å². The van der Waals surface area contributed by atoms with Crippen molar-refractivity contribution in [2.75, 3.05) is 19.6 Å². The number of carbonyl (C=O) groups is 1. The molecule has 1 saturated heterocycles. The summed E-state index contributed by atoms with van der Waals surface area (Å²) < 4.78 is 43.6. The molecule has 0 radical (unpaired) electrons. The topological polar surface area (TPSA) is 71.3 Å². The summed E-state index contributed by atoms with van der Waals surface area (Å²) >= 11 is 0. The predicted octanol–water partition coefficient (Wildman–Crippen LogP) is 4.67. The molecule has 3 fully saturated rings. The largest absolute Gasteiger partial charge is 0.401 e. The fourth-order valence-corrected chi connectivity index (χ4v) is 5.45. The van der Waals surface area contributed by atoms with Crippen LogP contribution >= 0.6 is 0 Å². The number of nitrogens with one attached hydrogen (secondary N) is 1. The average molecular weight is 443 g/mol. The Labute approximate surface area is 181 Å². The molecule has 2 aliphatic carbocycles. The van der Waals surface area contributed by atoms with Crippen molar-refractivity contribution in [2.24, 2.45) is 5.92 Å². The van der Waals surface area contributed by atoms with Crippen molar-refractivity contribution < 1.29 is 22.5 Å². The zero-order valence-electron chi connectivity index (χ0n) is 18.1. The summed E-state index contributed by atoms with van der Waals surface area (Å²) in [5, 5.41) is 7.58. The molecule has 4 rings (SSSR count). The van der Waals surface area contributed by atoms with E-state index in [1.54, 1.807) is 0 Å². The fourth-order valence-electron chi connectivity index (χ4n) is 5.45. The summed E-state index contributed by atoms with van der Waals surface area (Å²) in [5.74, 6) is 1.23. The van der Waals surface area contributed by atoms with Crippen LogP contribution in [-0.4, -0.2) is 46.8 Å². The molecule has 31 heavy (non-hydrogen) atoms. The molecule has 0 unspecified atom stereocenters. The quantitative estimate of drug-likeness (QED) is 0.671. The first kappa shape index (κ1) is 22.6. The molecule has 9 heteroatoms. The molecule has 2 saturated carbocycles. The monoisotopic (exact) mass is 442 g/mol. The Kier molecular flexibility index (Phi) is 6.89. The molecule has 1 aromatic rings. The van der Waals surface area contributed by atoms with E-state index in [1.165, 1.54) is 17.7 Å². The van der Waals surface area contributed by atoms with Gasteiger partial charge in [-0.3, -0.25) is 9.69 Å². The second-order valence-electron chi connectivity index (χ2n) is 9.59. The number of aromatic nitrogens is 2. The van der Waals surface area contributed by atoms with E-state index in [9.17, 15) is 18.0 Å². The molecule has 1 aromatic heterocycles. The number of likely N-dealkylation sites (tertiary alicyclic amines) is 1. The molecular formula is C22H33F3N4O2. The van der Waals surface area contributed by atoms with Crippen LogP contribution in [0.5, 0.6) is 0 Å². The van der Waals surface area contributed by atoms with Crippen LogP contribution < -0.4 is 5.32 Å². The van der Waals surface area contributed by atoms with Crippen LogP contribution in [-0.2, 0) is 10.3 Å². The van der Waals surface area contributed by atoms with Crippen molar-refractivity contribution in [1.82, 2.24) is 20.4 Å². The zero-order chi connectivity index (χ0) is 21.9. The standard InChI is InChI=1S/C22H33F3N4O2/c23-22(24,25)15-29-13-9-16(10-14-29)18(30)27-21(11-5-1-2-6-12-21)20-26-19(31-28-20)17-7-3-4-8-17/h16-17H,1-15H2,(H,27,30). The van der Waals surface area contributed by atoms with E-state index in [-0.39, 0.29) is 11.8 Å². The van der Waals surface area contributed by atoms with E-state index < -0.39 is 18.3 Å². The molecule has 1 N–H and O–H groups in total. The van der Waals surface area contributed by atoms with Gasteiger partial charge in [-0.25, -0.2) is 0 Å². The molecule has 0 atom stereocenters. The Morgan fingerprint density at radius 1 is 1.03 bits per heavy atom. The van der Waals surface area contributed by atoms with Crippen molar-refractivity contribution in [1.29, 1.82) is 0 Å². The minimum absolute atomic E-state index is 0.0826. The van der Waals surface area contributed by atoms with Gasteiger partial charge in [0.25, 0.3) is 0 Å². The number of piperidine rings is 1. The maximum Gasteiger partial charge on any atom is 0.401 e. The van der Waals surface area contributed by atoms with Gasteiger partial charge in [0, 0.05) is 11.8 Å². The minimum atomic E-state index is -4.20. The molecule has 2 heterocycles. The van der Waals surface area contributed by atoms with Crippen LogP contribution in [0.2, 0.25) is 0 Å². The molecule has 0 spiro atoms. The highest BCUT2D eigenvalue weighted by molar-refractivity contribution is 5.79. The first-order chi connectivity index (χ1) is 14.8. The van der Waals surface area contributed by atoms with Crippen LogP contribution in [0.15, 0.2) is 4.52 Å². The normalized spacial score (nSPS) is 24.2. The number of hydrogen-bond donors (Lipinski definition) is 1. The number of carbonyl (C=O) groups excluding carboxylic acids is 1. The van der Waals surface area contributed by atoms with Gasteiger partial charge >= 0.3 is 6.18 Å². The number of rotatable bonds is 5. The van der Waals surface area contributed by atoms with Gasteiger partial charge in [0.05, 0.1) is 6.54 Å². The van der Waals surface area contributed by atoms with Crippen LogP contribution in [0, 0.1) is 5.92 Å². The predicted molar refractivity (Wildman–Crippen MR) is 108 cm³/mol. The minimum Gasteiger partial charge on any atom is -0.343 e. The number of halogens is 3. The van der Waals surface area contributed by atoms with Gasteiger partial charge in [-0.2, -0.15) is 18.2 Å². The number of nitrogens with zero attached hydrogens (tertiary/aromatic N) is 3. The maximum absolute atomic E-state index is 13.2. The van der Waals surface area contributed by atoms with Crippen molar-refractivity contribution in [3.05, 3.63) is 11.7 Å². The van der Waals surface area contributed by atoms with E-state index in [2.05, 4.69) is 10.5 Å².